The topological polar surface area (TPSA) is 202 Å². The average Bonchev–Trinajstić information content (AvgIpc) is 3.30. The number of primary amides is 1. The van der Waals surface area contributed by atoms with Gasteiger partial charge in [-0.05, 0) is 45.7 Å². The van der Waals surface area contributed by atoms with Crippen LogP contribution in [0.15, 0.2) is 24.8 Å². The summed E-state index contributed by atoms with van der Waals surface area (Å²) in [4.78, 5) is 59.6. The van der Waals surface area contributed by atoms with Crippen molar-refractivity contribution in [3.63, 3.8) is 0 Å². The molecule has 15 nitrogen and oxygen atoms in total. The van der Waals surface area contributed by atoms with E-state index in [0.29, 0.717) is 23.4 Å². The molecule has 0 aliphatic heterocycles. The molecule has 2 aromatic heterocycles. The molecule has 1 atom stereocenters. The molecule has 17 heteroatoms. The van der Waals surface area contributed by atoms with Crippen LogP contribution in [-0.2, 0) is 20.9 Å². The molecular weight excluding hydrogens is 595 g/mol. The number of nitrogens with one attached hydrogen (secondary N) is 3. The maximum absolute atomic E-state index is 12.6. The molecule has 226 valence electrons. The molecule has 0 aliphatic rings. The molecule has 0 saturated carbocycles. The Hall–Kier alpha value is -4.37. The minimum absolute atomic E-state index is 0.100. The molecule has 0 saturated heterocycles. The first-order valence-electron chi connectivity index (χ1n) is 12.5. The van der Waals surface area contributed by atoms with Crippen LogP contribution in [0.4, 0.5) is 9.59 Å². The zero-order chi connectivity index (χ0) is 31.0. The molecule has 0 bridgehead atoms. The van der Waals surface area contributed by atoms with Gasteiger partial charge in [0.15, 0.2) is 11.2 Å². The summed E-state index contributed by atoms with van der Waals surface area (Å²) >= 11 is 12.8. The van der Waals surface area contributed by atoms with Crippen molar-refractivity contribution in [2.45, 2.75) is 58.7 Å². The fourth-order valence-electron chi connectivity index (χ4n) is 3.60. The van der Waals surface area contributed by atoms with Gasteiger partial charge in [0, 0.05) is 12.5 Å². The van der Waals surface area contributed by atoms with Gasteiger partial charge in [-0.3, -0.25) is 20.4 Å². The molecule has 4 amide bonds. The number of ether oxygens (including phenoxy) is 3. The highest BCUT2D eigenvalue weighted by Gasteiger charge is 2.25. The summed E-state index contributed by atoms with van der Waals surface area (Å²) in [5.74, 6) is -0.825. The third-order valence-corrected chi connectivity index (χ3v) is 6.15. The van der Waals surface area contributed by atoms with Crippen LogP contribution in [0.5, 0.6) is 11.6 Å². The highest BCUT2D eigenvalue weighted by atomic mass is 35.5. The lowest BCUT2D eigenvalue weighted by atomic mass is 10.1. The summed E-state index contributed by atoms with van der Waals surface area (Å²) < 4.78 is 17.7. The number of carbonyl (C=O) groups excluding carboxylic acids is 4. The van der Waals surface area contributed by atoms with Crippen LogP contribution in [0.3, 0.4) is 0 Å². The number of benzene rings is 1. The summed E-state index contributed by atoms with van der Waals surface area (Å²) in [7, 11) is 0. The van der Waals surface area contributed by atoms with Crippen molar-refractivity contribution in [1.82, 2.24) is 35.7 Å². The second-order valence-electron chi connectivity index (χ2n) is 9.84. The number of nitrogens with two attached hydrogens (primary N) is 1. The average molecular weight is 625 g/mol. The Kier molecular flexibility index (Phi) is 10.7. The van der Waals surface area contributed by atoms with Crippen LogP contribution >= 0.6 is 23.2 Å². The Morgan fingerprint density at radius 2 is 1.83 bits per heavy atom. The van der Waals surface area contributed by atoms with Gasteiger partial charge < -0.3 is 29.8 Å². The van der Waals surface area contributed by atoms with Crippen LogP contribution in [0.25, 0.3) is 11.2 Å². The van der Waals surface area contributed by atoms with Gasteiger partial charge in [-0.2, -0.15) is 4.98 Å². The Morgan fingerprint density at radius 3 is 2.50 bits per heavy atom. The number of hydrogen-bond donors (Lipinski definition) is 4. The number of hydrazine groups is 1. The number of amides is 4. The van der Waals surface area contributed by atoms with Crippen LogP contribution in [-0.4, -0.2) is 61.8 Å². The first kappa shape index (κ1) is 32.1. The number of imidazole rings is 1. The van der Waals surface area contributed by atoms with E-state index >= 15 is 0 Å². The molecule has 5 N–H and O–H groups in total. The van der Waals surface area contributed by atoms with Crippen molar-refractivity contribution in [2.24, 2.45) is 5.73 Å². The van der Waals surface area contributed by atoms with E-state index in [1.54, 1.807) is 37.5 Å². The number of halogens is 2. The quantitative estimate of drug-likeness (QED) is 0.192. The predicted molar refractivity (Wildman–Crippen MR) is 151 cm³/mol. The third-order valence-electron chi connectivity index (χ3n) is 5.31. The van der Waals surface area contributed by atoms with Crippen LogP contribution < -0.4 is 31.4 Å². The summed E-state index contributed by atoms with van der Waals surface area (Å²) in [6.07, 6.45) is 1.26. The van der Waals surface area contributed by atoms with Gasteiger partial charge in [0.25, 0.3) is 11.8 Å². The highest BCUT2D eigenvalue weighted by Crippen LogP contribution is 2.34. The van der Waals surface area contributed by atoms with E-state index in [9.17, 15) is 19.2 Å². The second kappa shape index (κ2) is 14.0. The Labute approximate surface area is 250 Å². The molecule has 0 spiro atoms. The SMILES string of the molecule is CC(=O)NNC(=O)C(CCCOc1ccc(Cl)c(Cl)c1Cn1cnc2c(OC(N)=O)ncnc21)NC(=O)OC(C)(C)C. The number of carbonyl (C=O) groups is 4. The van der Waals surface area contributed by atoms with Crippen molar-refractivity contribution in [2.75, 3.05) is 6.61 Å². The summed E-state index contributed by atoms with van der Waals surface area (Å²) in [6, 6.07) is 2.18. The third kappa shape index (κ3) is 9.07. The normalized spacial score (nSPS) is 11.9. The maximum Gasteiger partial charge on any atom is 0.411 e. The van der Waals surface area contributed by atoms with E-state index in [0.717, 1.165) is 0 Å². The van der Waals surface area contributed by atoms with Gasteiger partial charge in [-0.25, -0.2) is 19.6 Å². The molecular formula is C25H30Cl2N8O7. The summed E-state index contributed by atoms with van der Waals surface area (Å²) in [6.45, 7) is 6.54. The first-order valence-corrected chi connectivity index (χ1v) is 13.3. The Morgan fingerprint density at radius 1 is 1.10 bits per heavy atom. The molecule has 0 aliphatic carbocycles. The lowest BCUT2D eigenvalue weighted by Gasteiger charge is -2.23. The first-order chi connectivity index (χ1) is 19.7. The standard InChI is InChI=1S/C25H30Cl2N8O7/c1-13(36)33-34-21(37)16(32-24(39)42-25(2,3)4)6-5-9-40-17-8-7-15(26)18(27)14(17)10-35-12-31-19-20(35)29-11-30-22(19)41-23(28)38/h7-8,11-12,16H,5-6,9-10H2,1-4H3,(H2,28,38)(H,32,39)(H,33,36)(H,34,37). The van der Waals surface area contributed by atoms with Crippen molar-refractivity contribution >= 4 is 58.4 Å². The summed E-state index contributed by atoms with van der Waals surface area (Å²) in [5.41, 5.74) is 9.81. The van der Waals surface area contributed by atoms with E-state index in [1.165, 1.54) is 19.6 Å². The van der Waals surface area contributed by atoms with E-state index < -0.39 is 35.6 Å². The van der Waals surface area contributed by atoms with Crippen LogP contribution in [0.2, 0.25) is 10.0 Å². The van der Waals surface area contributed by atoms with Gasteiger partial charge in [0.1, 0.15) is 23.7 Å². The number of hydrogen-bond acceptors (Lipinski definition) is 10. The molecule has 0 radical (unpaired) electrons. The van der Waals surface area contributed by atoms with Crippen molar-refractivity contribution < 1.29 is 33.4 Å². The van der Waals surface area contributed by atoms with Gasteiger partial charge in [-0.1, -0.05) is 23.2 Å². The maximum atomic E-state index is 12.6. The summed E-state index contributed by atoms with van der Waals surface area (Å²) in [5, 5.41) is 3.03. The lowest BCUT2D eigenvalue weighted by Crippen LogP contribution is -2.52. The zero-order valence-corrected chi connectivity index (χ0v) is 24.7. The van der Waals surface area contributed by atoms with E-state index in [2.05, 4.69) is 31.1 Å². The van der Waals surface area contributed by atoms with Crippen LogP contribution in [0.1, 0.15) is 46.1 Å². The number of nitrogens with zero attached hydrogens (tertiary/aromatic N) is 4. The minimum Gasteiger partial charge on any atom is -0.493 e. The molecule has 0 fully saturated rings. The molecule has 1 unspecified atom stereocenters. The molecule has 2 heterocycles. The Bertz CT molecular complexity index is 1470. The predicted octanol–water partition coefficient (Wildman–Crippen LogP) is 2.86. The lowest BCUT2D eigenvalue weighted by molar-refractivity contribution is -0.129. The van der Waals surface area contributed by atoms with Crippen molar-refractivity contribution in [1.29, 1.82) is 0 Å². The number of rotatable bonds is 10. The Balaban J connectivity index is 1.73. The fourth-order valence-corrected chi connectivity index (χ4v) is 3.99. The monoisotopic (exact) mass is 624 g/mol. The van der Waals surface area contributed by atoms with Gasteiger partial charge in [0.05, 0.1) is 29.5 Å². The smallest absolute Gasteiger partial charge is 0.411 e. The fraction of sp³-hybridized carbons (Fsp3) is 0.400. The van der Waals surface area contributed by atoms with Gasteiger partial charge in [0.2, 0.25) is 5.91 Å². The molecule has 42 heavy (non-hydrogen) atoms. The van der Waals surface area contributed by atoms with Crippen molar-refractivity contribution in [3.05, 3.63) is 40.4 Å². The second-order valence-corrected chi connectivity index (χ2v) is 10.6. The zero-order valence-electron chi connectivity index (χ0n) is 23.2. The van der Waals surface area contributed by atoms with E-state index in [4.69, 9.17) is 43.1 Å². The largest absolute Gasteiger partial charge is 0.493 e. The highest BCUT2D eigenvalue weighted by molar-refractivity contribution is 6.42. The molecule has 3 aromatic rings. The van der Waals surface area contributed by atoms with Crippen LogP contribution in [0, 0.1) is 0 Å². The number of alkyl carbamates (subject to hydrolysis) is 1. The van der Waals surface area contributed by atoms with E-state index in [1.807, 2.05) is 0 Å². The molecule has 3 rings (SSSR count). The minimum atomic E-state index is -1.05. The van der Waals surface area contributed by atoms with Gasteiger partial charge in [-0.15, -0.1) is 0 Å². The van der Waals surface area contributed by atoms with Gasteiger partial charge >= 0.3 is 12.2 Å². The van der Waals surface area contributed by atoms with E-state index in [-0.39, 0.29) is 41.0 Å². The van der Waals surface area contributed by atoms with Crippen molar-refractivity contribution in [3.8, 4) is 11.6 Å². The molecule has 1 aromatic carbocycles. The number of aromatic nitrogens is 4. The number of fused-ring (bicyclic) bond motifs is 1.